The van der Waals surface area contributed by atoms with Crippen LogP contribution in [0.25, 0.3) is 0 Å². The molecule has 4 heteroatoms. The fraction of sp³-hybridized carbons (Fsp3) is 0.750. The molecule has 2 N–H and O–H groups in total. The maximum Gasteiger partial charge on any atom is 0.134 e. The van der Waals surface area contributed by atoms with E-state index in [1.54, 1.807) is 0 Å². The predicted molar refractivity (Wildman–Crippen MR) is 85.3 cm³/mol. The molecule has 0 aromatic carbocycles. The van der Waals surface area contributed by atoms with E-state index < -0.39 is 0 Å². The standard InChI is InChI=1S/C16H28N4/c1-6-17-15-12(4)16(19-13(5)18-15)20-14-9-7-8-10(2)11(14)3/h10-11,14H,6-9H2,1-5H3,(H2,17,18,19,20). The SMILES string of the molecule is CCNc1nc(C)nc(NC2CCCC(C)C2C)c1C. The average Bonchev–Trinajstić information content (AvgIpc) is 2.40. The minimum Gasteiger partial charge on any atom is -0.370 e. The topological polar surface area (TPSA) is 49.8 Å². The third-order valence-electron chi connectivity index (χ3n) is 4.63. The van der Waals surface area contributed by atoms with Gasteiger partial charge in [0.05, 0.1) is 0 Å². The maximum absolute atomic E-state index is 4.61. The van der Waals surface area contributed by atoms with Gasteiger partial charge in [-0.1, -0.05) is 26.7 Å². The zero-order chi connectivity index (χ0) is 14.7. The Balaban J connectivity index is 2.20. The van der Waals surface area contributed by atoms with Crippen LogP contribution in [0.5, 0.6) is 0 Å². The Morgan fingerprint density at radius 3 is 2.50 bits per heavy atom. The van der Waals surface area contributed by atoms with Crippen LogP contribution in [0.4, 0.5) is 11.6 Å². The van der Waals surface area contributed by atoms with Gasteiger partial charge in [0.1, 0.15) is 17.5 Å². The van der Waals surface area contributed by atoms with Gasteiger partial charge in [-0.2, -0.15) is 0 Å². The Morgan fingerprint density at radius 1 is 1.10 bits per heavy atom. The van der Waals surface area contributed by atoms with Gasteiger partial charge in [-0.3, -0.25) is 0 Å². The van der Waals surface area contributed by atoms with Crippen molar-refractivity contribution in [2.24, 2.45) is 11.8 Å². The van der Waals surface area contributed by atoms with Crippen molar-refractivity contribution in [3.63, 3.8) is 0 Å². The van der Waals surface area contributed by atoms with Gasteiger partial charge in [-0.25, -0.2) is 9.97 Å². The van der Waals surface area contributed by atoms with Gasteiger partial charge in [0.15, 0.2) is 0 Å². The summed E-state index contributed by atoms with van der Waals surface area (Å²) in [6.07, 6.45) is 3.90. The molecule has 1 aliphatic carbocycles. The second kappa shape index (κ2) is 6.42. The molecule has 1 heterocycles. The van der Waals surface area contributed by atoms with Gasteiger partial charge in [0.25, 0.3) is 0 Å². The number of rotatable bonds is 4. The Labute approximate surface area is 122 Å². The molecular formula is C16H28N4. The van der Waals surface area contributed by atoms with Crippen LogP contribution in [0.2, 0.25) is 0 Å². The summed E-state index contributed by atoms with van der Waals surface area (Å²) in [7, 11) is 0. The van der Waals surface area contributed by atoms with Gasteiger partial charge in [-0.15, -0.1) is 0 Å². The van der Waals surface area contributed by atoms with Gasteiger partial charge < -0.3 is 10.6 Å². The molecule has 0 saturated heterocycles. The van der Waals surface area contributed by atoms with Crippen molar-refractivity contribution in [3.05, 3.63) is 11.4 Å². The number of nitrogens with zero attached hydrogens (tertiary/aromatic N) is 2. The molecule has 1 aromatic heterocycles. The Bertz CT molecular complexity index is 458. The Kier molecular flexibility index (Phi) is 4.84. The van der Waals surface area contributed by atoms with Crippen LogP contribution < -0.4 is 10.6 Å². The van der Waals surface area contributed by atoms with Crippen molar-refractivity contribution in [1.29, 1.82) is 0 Å². The summed E-state index contributed by atoms with van der Waals surface area (Å²) in [5.74, 6) is 4.27. The zero-order valence-electron chi connectivity index (χ0n) is 13.5. The van der Waals surface area contributed by atoms with E-state index in [0.29, 0.717) is 12.0 Å². The summed E-state index contributed by atoms with van der Waals surface area (Å²) in [5.41, 5.74) is 1.13. The summed E-state index contributed by atoms with van der Waals surface area (Å²) in [5, 5.41) is 7.00. The molecule has 4 nitrogen and oxygen atoms in total. The molecule has 1 fully saturated rings. The molecule has 0 bridgehead atoms. The lowest BCUT2D eigenvalue weighted by atomic mass is 9.78. The summed E-state index contributed by atoms with van der Waals surface area (Å²) >= 11 is 0. The van der Waals surface area contributed by atoms with Crippen LogP contribution in [0, 0.1) is 25.7 Å². The van der Waals surface area contributed by atoms with Crippen LogP contribution in [-0.2, 0) is 0 Å². The summed E-state index contributed by atoms with van der Waals surface area (Å²) in [6.45, 7) is 11.7. The minimum atomic E-state index is 0.529. The van der Waals surface area contributed by atoms with Crippen LogP contribution in [0.15, 0.2) is 0 Å². The monoisotopic (exact) mass is 276 g/mol. The van der Waals surface area contributed by atoms with Gasteiger partial charge in [0, 0.05) is 18.2 Å². The molecule has 0 radical (unpaired) electrons. The molecule has 1 aromatic rings. The molecule has 0 spiro atoms. The lowest BCUT2D eigenvalue weighted by Crippen LogP contribution is -2.35. The molecule has 3 atom stereocenters. The zero-order valence-corrected chi connectivity index (χ0v) is 13.5. The molecular weight excluding hydrogens is 248 g/mol. The highest BCUT2D eigenvalue weighted by Gasteiger charge is 2.27. The first kappa shape index (κ1) is 15.1. The smallest absolute Gasteiger partial charge is 0.134 e. The number of nitrogens with one attached hydrogen (secondary N) is 2. The molecule has 0 aliphatic heterocycles. The van der Waals surface area contributed by atoms with Gasteiger partial charge in [0.2, 0.25) is 0 Å². The molecule has 3 unspecified atom stereocenters. The van der Waals surface area contributed by atoms with Crippen LogP contribution in [0.3, 0.4) is 0 Å². The lowest BCUT2D eigenvalue weighted by Gasteiger charge is -2.35. The highest BCUT2D eigenvalue weighted by molar-refractivity contribution is 5.57. The highest BCUT2D eigenvalue weighted by atomic mass is 15.1. The van der Waals surface area contributed by atoms with E-state index in [0.717, 1.165) is 35.5 Å². The third kappa shape index (κ3) is 3.22. The first-order valence-electron chi connectivity index (χ1n) is 7.88. The number of hydrogen-bond donors (Lipinski definition) is 2. The molecule has 0 amide bonds. The van der Waals surface area contributed by atoms with Crippen LogP contribution in [0.1, 0.15) is 51.4 Å². The Hall–Kier alpha value is -1.32. The number of aromatic nitrogens is 2. The van der Waals surface area contributed by atoms with E-state index in [-0.39, 0.29) is 0 Å². The van der Waals surface area contributed by atoms with E-state index in [4.69, 9.17) is 0 Å². The molecule has 112 valence electrons. The predicted octanol–water partition coefficient (Wildman–Crippen LogP) is 3.76. The van der Waals surface area contributed by atoms with E-state index in [2.05, 4.69) is 48.3 Å². The fourth-order valence-corrected chi connectivity index (χ4v) is 3.07. The van der Waals surface area contributed by atoms with E-state index in [1.165, 1.54) is 19.3 Å². The molecule has 1 saturated carbocycles. The number of hydrogen-bond acceptors (Lipinski definition) is 4. The van der Waals surface area contributed by atoms with Crippen LogP contribution >= 0.6 is 0 Å². The van der Waals surface area contributed by atoms with Crippen molar-refractivity contribution in [3.8, 4) is 0 Å². The van der Waals surface area contributed by atoms with E-state index in [1.807, 2.05) is 6.92 Å². The third-order valence-corrected chi connectivity index (χ3v) is 4.63. The highest BCUT2D eigenvalue weighted by Crippen LogP contribution is 2.32. The van der Waals surface area contributed by atoms with Crippen molar-refractivity contribution < 1.29 is 0 Å². The van der Waals surface area contributed by atoms with Crippen molar-refractivity contribution in [2.45, 2.75) is 59.9 Å². The largest absolute Gasteiger partial charge is 0.370 e. The van der Waals surface area contributed by atoms with Crippen molar-refractivity contribution in [1.82, 2.24) is 9.97 Å². The summed E-state index contributed by atoms with van der Waals surface area (Å²) < 4.78 is 0. The van der Waals surface area contributed by atoms with Gasteiger partial charge in [-0.05, 0) is 39.0 Å². The quantitative estimate of drug-likeness (QED) is 0.879. The molecule has 2 rings (SSSR count). The second-order valence-corrected chi connectivity index (χ2v) is 6.14. The molecule has 20 heavy (non-hydrogen) atoms. The normalized spacial score (nSPS) is 26.4. The van der Waals surface area contributed by atoms with Crippen LogP contribution in [-0.4, -0.2) is 22.6 Å². The maximum atomic E-state index is 4.61. The van der Waals surface area contributed by atoms with Crippen molar-refractivity contribution in [2.75, 3.05) is 17.2 Å². The van der Waals surface area contributed by atoms with Crippen molar-refractivity contribution >= 4 is 11.6 Å². The Morgan fingerprint density at radius 2 is 1.80 bits per heavy atom. The van der Waals surface area contributed by atoms with Gasteiger partial charge >= 0.3 is 0 Å². The number of aryl methyl sites for hydroxylation is 1. The van der Waals surface area contributed by atoms with E-state index in [9.17, 15) is 0 Å². The summed E-state index contributed by atoms with van der Waals surface area (Å²) in [4.78, 5) is 9.09. The fourth-order valence-electron chi connectivity index (χ4n) is 3.07. The molecule has 1 aliphatic rings. The van der Waals surface area contributed by atoms with E-state index >= 15 is 0 Å². The summed E-state index contributed by atoms with van der Waals surface area (Å²) in [6, 6.07) is 0.529. The average molecular weight is 276 g/mol. The minimum absolute atomic E-state index is 0.529. The lowest BCUT2D eigenvalue weighted by molar-refractivity contribution is 0.253. The first-order chi connectivity index (χ1) is 9.52. The first-order valence-corrected chi connectivity index (χ1v) is 7.88. The second-order valence-electron chi connectivity index (χ2n) is 6.14. The number of anilines is 2.